The maximum Gasteiger partial charge on any atom is 0.242 e. The number of aromatic nitrogens is 2. The summed E-state index contributed by atoms with van der Waals surface area (Å²) in [4.78, 5) is 20.0. The molecular formula is C17H18N4O3S. The summed E-state index contributed by atoms with van der Waals surface area (Å²) in [5, 5.41) is 2.63. The second-order valence-electron chi connectivity index (χ2n) is 5.89. The summed E-state index contributed by atoms with van der Waals surface area (Å²) in [5.74, 6) is 0.223. The SMILES string of the molecule is CC(=O)Nc1cc(-c2cnc3c(c2)C(S(=O)(=O)N(C)C)=CC3)ccn1. The summed E-state index contributed by atoms with van der Waals surface area (Å²) in [5.41, 5.74) is 2.90. The minimum absolute atomic E-state index is 0.209. The summed E-state index contributed by atoms with van der Waals surface area (Å²) in [6, 6.07) is 5.33. The highest BCUT2D eigenvalue weighted by Crippen LogP contribution is 2.34. The van der Waals surface area contributed by atoms with E-state index in [1.54, 1.807) is 30.6 Å². The quantitative estimate of drug-likeness (QED) is 0.901. The van der Waals surface area contributed by atoms with Crippen LogP contribution in [-0.2, 0) is 21.2 Å². The first-order chi connectivity index (χ1) is 11.8. The number of amides is 1. The third-order valence-corrected chi connectivity index (χ3v) is 5.78. The van der Waals surface area contributed by atoms with Gasteiger partial charge in [-0.05, 0) is 23.8 Å². The highest BCUT2D eigenvalue weighted by atomic mass is 32.2. The van der Waals surface area contributed by atoms with E-state index in [-0.39, 0.29) is 10.8 Å². The second-order valence-corrected chi connectivity index (χ2v) is 8.01. The minimum atomic E-state index is -3.53. The number of carbonyl (C=O) groups is 1. The first kappa shape index (κ1) is 17.2. The Morgan fingerprint density at radius 2 is 1.96 bits per heavy atom. The van der Waals surface area contributed by atoms with Crippen molar-refractivity contribution in [2.24, 2.45) is 0 Å². The number of carbonyl (C=O) groups excluding carboxylic acids is 1. The third-order valence-electron chi connectivity index (χ3n) is 3.87. The van der Waals surface area contributed by atoms with E-state index in [9.17, 15) is 13.2 Å². The fourth-order valence-corrected chi connectivity index (χ4v) is 3.77. The maximum absolute atomic E-state index is 12.5. The first-order valence-corrected chi connectivity index (χ1v) is 9.09. The van der Waals surface area contributed by atoms with Gasteiger partial charge in [0.2, 0.25) is 15.9 Å². The van der Waals surface area contributed by atoms with Crippen LogP contribution in [0.3, 0.4) is 0 Å². The van der Waals surface area contributed by atoms with Crippen molar-refractivity contribution in [2.75, 3.05) is 19.4 Å². The van der Waals surface area contributed by atoms with Gasteiger partial charge in [0, 0.05) is 51.0 Å². The average molecular weight is 358 g/mol. The number of hydrogen-bond donors (Lipinski definition) is 1. The zero-order valence-electron chi connectivity index (χ0n) is 14.1. The molecular weight excluding hydrogens is 340 g/mol. The molecule has 0 saturated heterocycles. The lowest BCUT2D eigenvalue weighted by Gasteiger charge is -2.14. The van der Waals surface area contributed by atoms with E-state index >= 15 is 0 Å². The lowest BCUT2D eigenvalue weighted by molar-refractivity contribution is -0.114. The lowest BCUT2D eigenvalue weighted by Crippen LogP contribution is -2.22. The molecule has 0 saturated carbocycles. The molecule has 8 heteroatoms. The van der Waals surface area contributed by atoms with Crippen LogP contribution in [0.15, 0.2) is 36.7 Å². The Morgan fingerprint density at radius 1 is 1.20 bits per heavy atom. The van der Waals surface area contributed by atoms with Crippen molar-refractivity contribution in [1.29, 1.82) is 0 Å². The molecule has 2 aromatic heterocycles. The molecule has 1 aliphatic carbocycles. The fourth-order valence-electron chi connectivity index (χ4n) is 2.63. The van der Waals surface area contributed by atoms with Gasteiger partial charge in [-0.1, -0.05) is 6.08 Å². The number of fused-ring (bicyclic) bond motifs is 1. The molecule has 0 radical (unpaired) electrons. The molecule has 2 heterocycles. The standard InChI is InChI=1S/C17H18N4O3S/c1-11(22)20-17-9-12(6-7-18-17)13-8-14-15(19-10-13)4-5-16(14)25(23,24)21(2)3/h5-10H,4H2,1-3H3,(H,18,20,22). The lowest BCUT2D eigenvalue weighted by atomic mass is 10.1. The molecule has 3 rings (SSSR count). The van der Waals surface area contributed by atoms with Crippen LogP contribution in [-0.4, -0.2) is 42.7 Å². The van der Waals surface area contributed by atoms with Crippen LogP contribution in [0.25, 0.3) is 16.0 Å². The van der Waals surface area contributed by atoms with Gasteiger partial charge in [-0.15, -0.1) is 0 Å². The monoisotopic (exact) mass is 358 g/mol. The predicted molar refractivity (Wildman–Crippen MR) is 96.1 cm³/mol. The normalized spacial score (nSPS) is 13.5. The van der Waals surface area contributed by atoms with Gasteiger partial charge in [0.05, 0.1) is 10.6 Å². The number of nitrogens with one attached hydrogen (secondary N) is 1. The minimum Gasteiger partial charge on any atom is -0.311 e. The Morgan fingerprint density at radius 3 is 2.64 bits per heavy atom. The molecule has 7 nitrogen and oxygen atoms in total. The Balaban J connectivity index is 2.03. The Bertz CT molecular complexity index is 981. The van der Waals surface area contributed by atoms with Crippen molar-refractivity contribution in [3.05, 3.63) is 47.9 Å². The smallest absolute Gasteiger partial charge is 0.242 e. The number of rotatable bonds is 4. The molecule has 1 aliphatic rings. The predicted octanol–water partition coefficient (Wildman–Crippen LogP) is 1.89. The molecule has 1 N–H and O–H groups in total. The van der Waals surface area contributed by atoms with Gasteiger partial charge in [0.25, 0.3) is 0 Å². The fraction of sp³-hybridized carbons (Fsp3) is 0.235. The van der Waals surface area contributed by atoms with Gasteiger partial charge in [0.1, 0.15) is 5.82 Å². The zero-order valence-corrected chi connectivity index (χ0v) is 15.0. The topological polar surface area (TPSA) is 92.3 Å². The van der Waals surface area contributed by atoms with E-state index < -0.39 is 10.0 Å². The van der Waals surface area contributed by atoms with E-state index in [1.807, 2.05) is 6.07 Å². The number of sulfonamides is 1. The molecule has 0 unspecified atom stereocenters. The molecule has 1 amide bonds. The van der Waals surface area contributed by atoms with E-state index in [0.29, 0.717) is 17.8 Å². The van der Waals surface area contributed by atoms with Gasteiger partial charge in [-0.3, -0.25) is 9.78 Å². The molecule has 0 bridgehead atoms. The van der Waals surface area contributed by atoms with Crippen molar-refractivity contribution in [1.82, 2.24) is 14.3 Å². The maximum atomic E-state index is 12.5. The number of pyridine rings is 2. The highest BCUT2D eigenvalue weighted by molar-refractivity contribution is 7.98. The van der Waals surface area contributed by atoms with E-state index in [0.717, 1.165) is 16.8 Å². The summed E-state index contributed by atoms with van der Waals surface area (Å²) >= 11 is 0. The Labute approximate surface area is 146 Å². The van der Waals surface area contributed by atoms with E-state index in [1.165, 1.54) is 25.3 Å². The van der Waals surface area contributed by atoms with Crippen LogP contribution in [0.1, 0.15) is 18.2 Å². The molecule has 0 spiro atoms. The van der Waals surface area contributed by atoms with Crippen molar-refractivity contribution < 1.29 is 13.2 Å². The average Bonchev–Trinajstić information content (AvgIpc) is 2.98. The molecule has 0 fully saturated rings. The first-order valence-electron chi connectivity index (χ1n) is 7.65. The Hall–Kier alpha value is -2.58. The number of allylic oxidation sites excluding steroid dienone is 1. The van der Waals surface area contributed by atoms with Gasteiger partial charge in [0.15, 0.2) is 0 Å². The number of hydrogen-bond acceptors (Lipinski definition) is 5. The third kappa shape index (κ3) is 3.31. The van der Waals surface area contributed by atoms with Crippen LogP contribution in [0.4, 0.5) is 5.82 Å². The van der Waals surface area contributed by atoms with Gasteiger partial charge in [-0.25, -0.2) is 17.7 Å². The van der Waals surface area contributed by atoms with Crippen molar-refractivity contribution >= 4 is 26.7 Å². The largest absolute Gasteiger partial charge is 0.311 e. The van der Waals surface area contributed by atoms with Crippen molar-refractivity contribution in [3.63, 3.8) is 0 Å². The summed E-state index contributed by atoms with van der Waals surface area (Å²) in [7, 11) is -0.512. The van der Waals surface area contributed by atoms with Gasteiger partial charge in [-0.2, -0.15) is 0 Å². The summed E-state index contributed by atoms with van der Waals surface area (Å²) < 4.78 is 26.2. The van der Waals surface area contributed by atoms with Gasteiger partial charge < -0.3 is 5.32 Å². The summed E-state index contributed by atoms with van der Waals surface area (Å²) in [6.45, 7) is 1.41. The molecule has 0 atom stereocenters. The zero-order chi connectivity index (χ0) is 18.2. The van der Waals surface area contributed by atoms with Crippen molar-refractivity contribution in [3.8, 4) is 11.1 Å². The number of anilines is 1. The van der Waals surface area contributed by atoms with Crippen LogP contribution in [0.2, 0.25) is 0 Å². The highest BCUT2D eigenvalue weighted by Gasteiger charge is 2.28. The molecule has 0 aromatic carbocycles. The van der Waals surface area contributed by atoms with Gasteiger partial charge >= 0.3 is 0 Å². The molecule has 0 aliphatic heterocycles. The van der Waals surface area contributed by atoms with Crippen LogP contribution in [0.5, 0.6) is 0 Å². The van der Waals surface area contributed by atoms with Crippen molar-refractivity contribution in [2.45, 2.75) is 13.3 Å². The van der Waals surface area contributed by atoms with Crippen LogP contribution < -0.4 is 5.32 Å². The molecule has 25 heavy (non-hydrogen) atoms. The second kappa shape index (κ2) is 6.38. The van der Waals surface area contributed by atoms with Crippen LogP contribution >= 0.6 is 0 Å². The Kier molecular flexibility index (Phi) is 4.40. The number of nitrogens with zero attached hydrogens (tertiary/aromatic N) is 3. The molecule has 130 valence electrons. The van der Waals surface area contributed by atoms with Crippen LogP contribution in [0, 0.1) is 0 Å². The summed E-state index contributed by atoms with van der Waals surface area (Å²) in [6.07, 6.45) is 5.46. The van der Waals surface area contributed by atoms with E-state index in [2.05, 4.69) is 15.3 Å². The van der Waals surface area contributed by atoms with E-state index in [4.69, 9.17) is 0 Å². The molecule has 2 aromatic rings.